The zero-order valence-electron chi connectivity index (χ0n) is 16.2. The lowest BCUT2D eigenvalue weighted by Crippen LogP contribution is -2.39. The number of rotatable bonds is 6. The third kappa shape index (κ3) is 5.79. The van der Waals surface area contributed by atoms with Gasteiger partial charge in [-0.3, -0.25) is 14.5 Å². The molecule has 0 saturated carbocycles. The van der Waals surface area contributed by atoms with E-state index in [4.69, 9.17) is 6.42 Å². The van der Waals surface area contributed by atoms with E-state index in [1.807, 2.05) is 4.90 Å². The summed E-state index contributed by atoms with van der Waals surface area (Å²) in [6.45, 7) is 2.73. The van der Waals surface area contributed by atoms with Crippen molar-refractivity contribution in [3.05, 3.63) is 29.8 Å². The van der Waals surface area contributed by atoms with E-state index in [1.165, 1.54) is 24.3 Å². The molecule has 2 amide bonds. The van der Waals surface area contributed by atoms with Crippen LogP contribution in [0.4, 0.5) is 0 Å². The second-order valence-electron chi connectivity index (χ2n) is 6.76. The van der Waals surface area contributed by atoms with Gasteiger partial charge in [0.05, 0.1) is 18.0 Å². The zero-order valence-corrected chi connectivity index (χ0v) is 17.0. The first-order valence-electron chi connectivity index (χ1n) is 8.99. The SMILES string of the molecule is C#CCNS(=O)(=O)c1ccc(C(=O)N2CCCN(CC(=O)N(C)C)CC2)cc1. The van der Waals surface area contributed by atoms with Crippen LogP contribution < -0.4 is 4.72 Å². The van der Waals surface area contributed by atoms with Crippen LogP contribution in [0.5, 0.6) is 0 Å². The van der Waals surface area contributed by atoms with Crippen molar-refractivity contribution < 1.29 is 18.0 Å². The van der Waals surface area contributed by atoms with Crippen molar-refractivity contribution >= 4 is 21.8 Å². The minimum absolute atomic E-state index is 0.0371. The van der Waals surface area contributed by atoms with E-state index < -0.39 is 10.0 Å². The summed E-state index contributed by atoms with van der Waals surface area (Å²) >= 11 is 0. The fourth-order valence-electron chi connectivity index (χ4n) is 2.84. The first kappa shape index (κ1) is 21.9. The Morgan fingerprint density at radius 1 is 1.14 bits per heavy atom. The number of hydrogen-bond donors (Lipinski definition) is 1. The highest BCUT2D eigenvalue weighted by atomic mass is 32.2. The third-order valence-electron chi connectivity index (χ3n) is 4.51. The van der Waals surface area contributed by atoms with Crippen LogP contribution in [0, 0.1) is 12.3 Å². The van der Waals surface area contributed by atoms with Crippen LogP contribution >= 0.6 is 0 Å². The topological polar surface area (TPSA) is 90.0 Å². The van der Waals surface area contributed by atoms with Crippen molar-refractivity contribution in [1.82, 2.24) is 19.4 Å². The molecule has 0 aliphatic carbocycles. The van der Waals surface area contributed by atoms with Gasteiger partial charge in [0.25, 0.3) is 5.91 Å². The number of terminal acetylenes is 1. The maximum atomic E-state index is 12.8. The number of carbonyl (C=O) groups is 2. The Morgan fingerprint density at radius 3 is 2.43 bits per heavy atom. The summed E-state index contributed by atoms with van der Waals surface area (Å²) in [5.41, 5.74) is 0.425. The first-order valence-corrected chi connectivity index (χ1v) is 10.5. The second kappa shape index (κ2) is 9.68. The maximum absolute atomic E-state index is 12.8. The lowest BCUT2D eigenvalue weighted by molar-refractivity contribution is -0.129. The highest BCUT2D eigenvalue weighted by molar-refractivity contribution is 7.89. The van der Waals surface area contributed by atoms with Crippen molar-refractivity contribution in [3.63, 3.8) is 0 Å². The zero-order chi connectivity index (χ0) is 20.7. The molecule has 1 aliphatic rings. The molecule has 1 N–H and O–H groups in total. The smallest absolute Gasteiger partial charge is 0.253 e. The van der Waals surface area contributed by atoms with Crippen molar-refractivity contribution in [2.45, 2.75) is 11.3 Å². The van der Waals surface area contributed by atoms with Gasteiger partial charge < -0.3 is 9.80 Å². The van der Waals surface area contributed by atoms with E-state index in [2.05, 4.69) is 10.6 Å². The molecule has 0 aromatic heterocycles. The molecule has 152 valence electrons. The molecule has 0 atom stereocenters. The summed E-state index contributed by atoms with van der Waals surface area (Å²) in [7, 11) is -0.233. The summed E-state index contributed by atoms with van der Waals surface area (Å²) in [5, 5.41) is 0. The van der Waals surface area contributed by atoms with Gasteiger partial charge >= 0.3 is 0 Å². The molecule has 1 aromatic carbocycles. The number of carbonyl (C=O) groups excluding carboxylic acids is 2. The highest BCUT2D eigenvalue weighted by Crippen LogP contribution is 2.14. The summed E-state index contributed by atoms with van der Waals surface area (Å²) in [5.74, 6) is 2.10. The van der Waals surface area contributed by atoms with Gasteiger partial charge in [0.15, 0.2) is 0 Å². The summed E-state index contributed by atoms with van der Waals surface area (Å²) in [4.78, 5) is 30.0. The van der Waals surface area contributed by atoms with Gasteiger partial charge in [0, 0.05) is 45.8 Å². The lowest BCUT2D eigenvalue weighted by atomic mass is 10.2. The standard InChI is InChI=1S/C19H26N4O4S/c1-4-10-20-28(26,27)17-8-6-16(7-9-17)19(25)23-12-5-11-22(13-14-23)15-18(24)21(2)3/h1,6-9,20H,5,10-15H2,2-3H3. The predicted octanol–water partition coefficient (Wildman–Crippen LogP) is -0.166. The number of amides is 2. The molecule has 1 heterocycles. The van der Waals surface area contributed by atoms with Crippen LogP contribution in [0.1, 0.15) is 16.8 Å². The van der Waals surface area contributed by atoms with Crippen molar-refractivity contribution in [1.29, 1.82) is 0 Å². The molecule has 2 rings (SSSR count). The van der Waals surface area contributed by atoms with Gasteiger partial charge in [-0.25, -0.2) is 8.42 Å². The Kier molecular flexibility index (Phi) is 7.57. The summed E-state index contributed by atoms with van der Waals surface area (Å²) < 4.78 is 26.4. The lowest BCUT2D eigenvalue weighted by Gasteiger charge is -2.23. The van der Waals surface area contributed by atoms with E-state index in [-0.39, 0.29) is 23.3 Å². The number of nitrogens with zero attached hydrogens (tertiary/aromatic N) is 3. The van der Waals surface area contributed by atoms with Crippen LogP contribution in [-0.2, 0) is 14.8 Å². The Bertz CT molecular complexity index is 844. The van der Waals surface area contributed by atoms with Crippen molar-refractivity contribution in [3.8, 4) is 12.3 Å². The van der Waals surface area contributed by atoms with Crippen LogP contribution in [0.25, 0.3) is 0 Å². The number of benzene rings is 1. The minimum atomic E-state index is -3.68. The Morgan fingerprint density at radius 2 is 1.82 bits per heavy atom. The van der Waals surface area contributed by atoms with Crippen LogP contribution in [-0.4, -0.2) is 88.3 Å². The molecule has 0 unspecified atom stereocenters. The number of sulfonamides is 1. The molecule has 1 aliphatic heterocycles. The average molecular weight is 407 g/mol. The Balaban J connectivity index is 2.00. The van der Waals surface area contributed by atoms with Crippen LogP contribution in [0.15, 0.2) is 29.2 Å². The molecular formula is C19H26N4O4S. The first-order chi connectivity index (χ1) is 13.2. The number of hydrogen-bond acceptors (Lipinski definition) is 5. The molecule has 28 heavy (non-hydrogen) atoms. The minimum Gasteiger partial charge on any atom is -0.348 e. The normalized spacial score (nSPS) is 15.5. The predicted molar refractivity (Wildman–Crippen MR) is 106 cm³/mol. The van der Waals surface area contributed by atoms with E-state index in [0.717, 1.165) is 13.0 Å². The monoisotopic (exact) mass is 406 g/mol. The Hall–Kier alpha value is -2.41. The van der Waals surface area contributed by atoms with Gasteiger partial charge in [-0.1, -0.05) is 5.92 Å². The second-order valence-corrected chi connectivity index (χ2v) is 8.53. The number of nitrogens with one attached hydrogen (secondary N) is 1. The quantitative estimate of drug-likeness (QED) is 0.663. The maximum Gasteiger partial charge on any atom is 0.253 e. The molecule has 0 bridgehead atoms. The number of likely N-dealkylation sites (N-methyl/N-ethyl adjacent to an activating group) is 1. The highest BCUT2D eigenvalue weighted by Gasteiger charge is 2.22. The largest absolute Gasteiger partial charge is 0.348 e. The average Bonchev–Trinajstić information content (AvgIpc) is 2.91. The molecule has 8 nitrogen and oxygen atoms in total. The van der Waals surface area contributed by atoms with Crippen molar-refractivity contribution in [2.75, 3.05) is 53.4 Å². The van der Waals surface area contributed by atoms with E-state index in [1.54, 1.807) is 23.9 Å². The van der Waals surface area contributed by atoms with Gasteiger partial charge in [-0.2, -0.15) is 4.72 Å². The fraction of sp³-hybridized carbons (Fsp3) is 0.474. The van der Waals surface area contributed by atoms with Gasteiger partial charge in [0.2, 0.25) is 15.9 Å². The molecule has 0 radical (unpaired) electrons. The molecule has 1 saturated heterocycles. The third-order valence-corrected chi connectivity index (χ3v) is 5.93. The molecule has 0 spiro atoms. The van der Waals surface area contributed by atoms with Crippen molar-refractivity contribution in [2.24, 2.45) is 0 Å². The Labute approximate surface area is 166 Å². The van der Waals surface area contributed by atoms with Gasteiger partial charge in [-0.05, 0) is 30.7 Å². The molecule has 1 aromatic rings. The van der Waals surface area contributed by atoms with E-state index in [0.29, 0.717) is 31.7 Å². The molecule has 1 fully saturated rings. The van der Waals surface area contributed by atoms with E-state index >= 15 is 0 Å². The molecular weight excluding hydrogens is 380 g/mol. The van der Waals surface area contributed by atoms with Gasteiger partial charge in [0.1, 0.15) is 0 Å². The van der Waals surface area contributed by atoms with E-state index in [9.17, 15) is 18.0 Å². The fourth-order valence-corrected chi connectivity index (χ4v) is 3.78. The van der Waals surface area contributed by atoms with Crippen LogP contribution in [0.3, 0.4) is 0 Å². The molecule has 9 heteroatoms. The van der Waals surface area contributed by atoms with Gasteiger partial charge in [-0.15, -0.1) is 6.42 Å². The summed E-state index contributed by atoms with van der Waals surface area (Å²) in [6, 6.07) is 5.80. The summed E-state index contributed by atoms with van der Waals surface area (Å²) in [6.07, 6.45) is 5.85. The van der Waals surface area contributed by atoms with Crippen LogP contribution in [0.2, 0.25) is 0 Å².